The number of rotatable bonds is 7. The first-order valence-corrected chi connectivity index (χ1v) is 8.39. The van der Waals surface area contributed by atoms with Crippen LogP contribution in [-0.4, -0.2) is 36.8 Å². The van der Waals surface area contributed by atoms with Gasteiger partial charge in [0.2, 0.25) is 0 Å². The van der Waals surface area contributed by atoms with Crippen LogP contribution in [-0.2, 0) is 4.79 Å². The third-order valence-corrected chi connectivity index (χ3v) is 4.49. The SMILES string of the molecule is CCCCCN1C(=O)S/C(=C\c2ccc(OC)cc2OC)C1=O. The third-order valence-electron chi connectivity index (χ3n) is 3.59. The van der Waals surface area contributed by atoms with E-state index in [1.807, 2.05) is 6.07 Å². The number of carbonyl (C=O) groups excluding carboxylic acids is 2. The zero-order chi connectivity index (χ0) is 16.8. The summed E-state index contributed by atoms with van der Waals surface area (Å²) in [5, 5.41) is -0.204. The molecule has 23 heavy (non-hydrogen) atoms. The summed E-state index contributed by atoms with van der Waals surface area (Å²) in [5.74, 6) is 1.04. The molecule has 1 aromatic rings. The zero-order valence-corrected chi connectivity index (χ0v) is 14.4. The number of nitrogens with zero attached hydrogens (tertiary/aromatic N) is 1. The number of ether oxygens (including phenoxy) is 2. The quantitative estimate of drug-likeness (QED) is 0.558. The van der Waals surface area contributed by atoms with E-state index in [2.05, 4.69) is 6.92 Å². The highest BCUT2D eigenvalue weighted by molar-refractivity contribution is 8.18. The molecule has 1 aliphatic heterocycles. The Kier molecular flexibility index (Phi) is 6.10. The fourth-order valence-electron chi connectivity index (χ4n) is 2.29. The second kappa shape index (κ2) is 8.06. The summed E-state index contributed by atoms with van der Waals surface area (Å²) in [6.07, 6.45) is 4.60. The van der Waals surface area contributed by atoms with Crippen LogP contribution in [0, 0.1) is 0 Å². The van der Waals surface area contributed by atoms with Crippen molar-refractivity contribution in [2.75, 3.05) is 20.8 Å². The van der Waals surface area contributed by atoms with Crippen LogP contribution < -0.4 is 9.47 Å². The van der Waals surface area contributed by atoms with E-state index in [1.165, 1.54) is 4.90 Å². The summed E-state index contributed by atoms with van der Waals surface area (Å²) >= 11 is 0.976. The molecule has 124 valence electrons. The number of carbonyl (C=O) groups is 2. The number of hydrogen-bond donors (Lipinski definition) is 0. The lowest BCUT2D eigenvalue weighted by molar-refractivity contribution is -0.122. The van der Waals surface area contributed by atoms with Gasteiger partial charge in [0.15, 0.2) is 0 Å². The molecule has 0 radical (unpaired) electrons. The summed E-state index contributed by atoms with van der Waals surface area (Å²) in [4.78, 5) is 26.1. The zero-order valence-electron chi connectivity index (χ0n) is 13.6. The average Bonchev–Trinajstić information content (AvgIpc) is 2.82. The van der Waals surface area contributed by atoms with Crippen LogP contribution >= 0.6 is 11.8 Å². The van der Waals surface area contributed by atoms with Crippen molar-refractivity contribution in [1.29, 1.82) is 0 Å². The van der Waals surface area contributed by atoms with E-state index in [1.54, 1.807) is 32.4 Å². The fourth-order valence-corrected chi connectivity index (χ4v) is 3.15. The van der Waals surface area contributed by atoms with Crippen LogP contribution in [0.1, 0.15) is 31.7 Å². The first-order valence-electron chi connectivity index (χ1n) is 7.58. The summed E-state index contributed by atoms with van der Waals surface area (Å²) in [6, 6.07) is 5.35. The van der Waals surface area contributed by atoms with Gasteiger partial charge >= 0.3 is 0 Å². The number of unbranched alkanes of at least 4 members (excludes halogenated alkanes) is 2. The number of thioether (sulfide) groups is 1. The first-order chi connectivity index (χ1) is 11.1. The Balaban J connectivity index is 2.20. The van der Waals surface area contributed by atoms with Crippen LogP contribution in [0.2, 0.25) is 0 Å². The molecule has 0 bridgehead atoms. The summed E-state index contributed by atoms with van der Waals surface area (Å²) in [5.41, 5.74) is 0.743. The molecule has 0 unspecified atom stereocenters. The van der Waals surface area contributed by atoms with Crippen LogP contribution in [0.5, 0.6) is 11.5 Å². The molecule has 2 amide bonds. The van der Waals surface area contributed by atoms with Crippen molar-refractivity contribution in [2.45, 2.75) is 26.2 Å². The Morgan fingerprint density at radius 3 is 2.61 bits per heavy atom. The molecule has 0 aliphatic carbocycles. The summed E-state index contributed by atoms with van der Waals surface area (Å²) < 4.78 is 10.5. The van der Waals surface area contributed by atoms with Crippen molar-refractivity contribution in [3.05, 3.63) is 28.7 Å². The number of hydrogen-bond acceptors (Lipinski definition) is 5. The lowest BCUT2D eigenvalue weighted by Gasteiger charge is -2.11. The van der Waals surface area contributed by atoms with Crippen molar-refractivity contribution < 1.29 is 19.1 Å². The van der Waals surface area contributed by atoms with Gasteiger partial charge < -0.3 is 9.47 Å². The first kappa shape index (κ1) is 17.4. The maximum atomic E-state index is 12.4. The summed E-state index contributed by atoms with van der Waals surface area (Å²) in [7, 11) is 3.14. The van der Waals surface area contributed by atoms with Gasteiger partial charge in [-0.2, -0.15) is 0 Å². The van der Waals surface area contributed by atoms with Crippen molar-refractivity contribution in [3.63, 3.8) is 0 Å². The van der Waals surface area contributed by atoms with Crippen molar-refractivity contribution in [1.82, 2.24) is 4.90 Å². The average molecular weight is 335 g/mol. The molecule has 1 aliphatic rings. The number of imide groups is 1. The van der Waals surface area contributed by atoms with Crippen molar-refractivity contribution in [3.8, 4) is 11.5 Å². The van der Waals surface area contributed by atoms with Gasteiger partial charge in [-0.25, -0.2) is 0 Å². The molecule has 1 fully saturated rings. The molecule has 0 spiro atoms. The maximum Gasteiger partial charge on any atom is 0.293 e. The maximum absolute atomic E-state index is 12.4. The minimum atomic E-state index is -0.228. The largest absolute Gasteiger partial charge is 0.497 e. The third kappa shape index (κ3) is 4.07. The van der Waals surface area contributed by atoms with E-state index in [4.69, 9.17) is 9.47 Å². The van der Waals surface area contributed by atoms with Crippen LogP contribution in [0.3, 0.4) is 0 Å². The molecule has 1 aromatic carbocycles. The smallest absolute Gasteiger partial charge is 0.293 e. The van der Waals surface area contributed by atoms with Crippen LogP contribution in [0.15, 0.2) is 23.1 Å². The Labute approximate surface area is 140 Å². The second-order valence-corrected chi connectivity index (χ2v) is 6.14. The standard InChI is InChI=1S/C17H21NO4S/c1-4-5-6-9-18-16(19)15(23-17(18)20)10-12-7-8-13(21-2)11-14(12)22-3/h7-8,10-11H,4-6,9H2,1-3H3/b15-10-. The minimum Gasteiger partial charge on any atom is -0.497 e. The van der Waals surface area contributed by atoms with Gasteiger partial charge in [-0.05, 0) is 36.4 Å². The minimum absolute atomic E-state index is 0.204. The molecular formula is C17H21NO4S. The van der Waals surface area contributed by atoms with E-state index in [0.717, 1.165) is 36.6 Å². The Bertz CT molecular complexity index is 627. The molecule has 2 rings (SSSR count). The van der Waals surface area contributed by atoms with Crippen molar-refractivity contribution >= 4 is 29.0 Å². The van der Waals surface area contributed by atoms with E-state index in [-0.39, 0.29) is 11.1 Å². The topological polar surface area (TPSA) is 55.8 Å². The number of amides is 2. The highest BCUT2D eigenvalue weighted by Gasteiger charge is 2.34. The van der Waals surface area contributed by atoms with Crippen molar-refractivity contribution in [2.24, 2.45) is 0 Å². The predicted octanol–water partition coefficient (Wildman–Crippen LogP) is 3.93. The van der Waals surface area contributed by atoms with Gasteiger partial charge in [-0.1, -0.05) is 19.8 Å². The van der Waals surface area contributed by atoms with Gasteiger partial charge in [-0.3, -0.25) is 14.5 Å². The lowest BCUT2D eigenvalue weighted by Crippen LogP contribution is -2.29. The fraction of sp³-hybridized carbons (Fsp3) is 0.412. The Morgan fingerprint density at radius 2 is 1.96 bits per heavy atom. The summed E-state index contributed by atoms with van der Waals surface area (Å²) in [6.45, 7) is 2.57. The van der Waals surface area contributed by atoms with Gasteiger partial charge in [0.1, 0.15) is 11.5 Å². The van der Waals surface area contributed by atoms with Gasteiger partial charge in [0, 0.05) is 18.2 Å². The van der Waals surface area contributed by atoms with E-state index in [0.29, 0.717) is 22.9 Å². The molecule has 0 N–H and O–H groups in total. The van der Waals surface area contributed by atoms with Crippen LogP contribution in [0.25, 0.3) is 6.08 Å². The van der Waals surface area contributed by atoms with Gasteiger partial charge in [0.25, 0.3) is 11.1 Å². The Hall–Kier alpha value is -1.95. The Morgan fingerprint density at radius 1 is 1.17 bits per heavy atom. The molecule has 6 heteroatoms. The number of benzene rings is 1. The molecular weight excluding hydrogens is 314 g/mol. The number of methoxy groups -OCH3 is 2. The molecule has 0 atom stereocenters. The van der Waals surface area contributed by atoms with Crippen LogP contribution in [0.4, 0.5) is 4.79 Å². The molecule has 1 saturated heterocycles. The van der Waals surface area contributed by atoms with Gasteiger partial charge in [-0.15, -0.1) is 0 Å². The highest BCUT2D eigenvalue weighted by Crippen LogP contribution is 2.35. The molecule has 1 heterocycles. The van der Waals surface area contributed by atoms with E-state index >= 15 is 0 Å². The highest BCUT2D eigenvalue weighted by atomic mass is 32.2. The molecule has 0 saturated carbocycles. The lowest BCUT2D eigenvalue weighted by atomic mass is 10.1. The normalized spacial score (nSPS) is 16.3. The van der Waals surface area contributed by atoms with E-state index in [9.17, 15) is 9.59 Å². The molecule has 0 aromatic heterocycles. The van der Waals surface area contributed by atoms with E-state index < -0.39 is 0 Å². The van der Waals surface area contributed by atoms with Gasteiger partial charge in [0.05, 0.1) is 19.1 Å². The predicted molar refractivity (Wildman–Crippen MR) is 91.7 cm³/mol. The molecule has 5 nitrogen and oxygen atoms in total. The monoisotopic (exact) mass is 335 g/mol. The second-order valence-electron chi connectivity index (χ2n) is 5.15.